The second-order valence-corrected chi connectivity index (χ2v) is 9.10. The Morgan fingerprint density at radius 1 is 1.17 bits per heavy atom. The number of benzene rings is 1. The third-order valence-electron chi connectivity index (χ3n) is 5.87. The highest BCUT2D eigenvalue weighted by Gasteiger charge is 2.25. The predicted molar refractivity (Wildman–Crippen MR) is 114 cm³/mol. The zero-order valence-electron chi connectivity index (χ0n) is 18.0. The molecular formula is C22H28N6O2. The van der Waals surface area contributed by atoms with E-state index in [1.165, 1.54) is 5.56 Å². The van der Waals surface area contributed by atoms with Crippen LogP contribution < -0.4 is 5.56 Å². The number of carbonyl (C=O) groups is 1. The van der Waals surface area contributed by atoms with Gasteiger partial charge in [-0.1, -0.05) is 50.3 Å². The molecule has 0 spiro atoms. The number of H-pyrrole nitrogens is 1. The molecule has 1 N–H and O–H groups in total. The van der Waals surface area contributed by atoms with Crippen molar-refractivity contribution in [1.29, 1.82) is 0 Å². The van der Waals surface area contributed by atoms with Crippen molar-refractivity contribution in [3.8, 4) is 0 Å². The van der Waals surface area contributed by atoms with Crippen LogP contribution in [0.25, 0.3) is 11.2 Å². The molecule has 0 bridgehead atoms. The zero-order chi connectivity index (χ0) is 21.5. The Labute approximate surface area is 175 Å². The molecule has 1 amide bonds. The number of likely N-dealkylation sites (tertiary alicyclic amines) is 1. The highest BCUT2D eigenvalue weighted by molar-refractivity contribution is 5.73. The van der Waals surface area contributed by atoms with E-state index in [-0.39, 0.29) is 28.3 Å². The van der Waals surface area contributed by atoms with Gasteiger partial charge in [-0.3, -0.25) is 9.59 Å². The monoisotopic (exact) mass is 408 g/mol. The number of hydrogen-bond acceptors (Lipinski definition) is 5. The number of rotatable bonds is 3. The summed E-state index contributed by atoms with van der Waals surface area (Å²) in [5.41, 5.74) is 2.93. The topological polar surface area (TPSA) is 96.8 Å². The second-order valence-electron chi connectivity index (χ2n) is 9.10. The number of amides is 1. The molecule has 1 aliphatic heterocycles. The van der Waals surface area contributed by atoms with Gasteiger partial charge in [-0.15, -0.1) is 5.10 Å². The molecule has 30 heavy (non-hydrogen) atoms. The van der Waals surface area contributed by atoms with Gasteiger partial charge in [-0.2, -0.15) is 0 Å². The molecule has 1 saturated heterocycles. The number of carbonyl (C=O) groups excluding carboxylic acids is 1. The van der Waals surface area contributed by atoms with Crippen molar-refractivity contribution < 1.29 is 4.79 Å². The van der Waals surface area contributed by atoms with Crippen LogP contribution in [0.1, 0.15) is 63.4 Å². The molecule has 3 heterocycles. The Balaban J connectivity index is 1.60. The minimum Gasteiger partial charge on any atom is -0.343 e. The standard InChI is InChI=1S/C22H28N6O2/c1-14(29)27-11-9-16(10-12-27)19-23-20-18(21(30)24-19)25-26-28(20)13-15-5-7-17(8-6-15)22(2,3)4/h5-8,16H,9-13H2,1-4H3,(H,23,24,30). The van der Waals surface area contributed by atoms with Gasteiger partial charge in [0.15, 0.2) is 11.2 Å². The summed E-state index contributed by atoms with van der Waals surface area (Å²) < 4.78 is 1.69. The number of piperidine rings is 1. The molecule has 1 fully saturated rings. The normalized spacial score (nSPS) is 15.7. The van der Waals surface area contributed by atoms with Gasteiger partial charge in [-0.25, -0.2) is 9.67 Å². The second kappa shape index (κ2) is 7.66. The predicted octanol–water partition coefficient (Wildman–Crippen LogP) is 2.59. The molecule has 1 aromatic carbocycles. The van der Waals surface area contributed by atoms with Crippen molar-refractivity contribution in [2.45, 2.75) is 58.4 Å². The summed E-state index contributed by atoms with van der Waals surface area (Å²) >= 11 is 0. The number of hydrogen-bond donors (Lipinski definition) is 1. The fourth-order valence-electron chi connectivity index (χ4n) is 3.93. The van der Waals surface area contributed by atoms with Crippen molar-refractivity contribution in [1.82, 2.24) is 29.9 Å². The maximum absolute atomic E-state index is 12.6. The molecule has 158 valence electrons. The van der Waals surface area contributed by atoms with Crippen LogP contribution in [0.5, 0.6) is 0 Å². The number of nitrogens with one attached hydrogen (secondary N) is 1. The van der Waals surface area contributed by atoms with Gasteiger partial charge in [-0.05, 0) is 29.4 Å². The Kier molecular flexibility index (Phi) is 5.17. The van der Waals surface area contributed by atoms with E-state index in [0.29, 0.717) is 31.1 Å². The lowest BCUT2D eigenvalue weighted by molar-refractivity contribution is -0.129. The van der Waals surface area contributed by atoms with E-state index in [1.54, 1.807) is 11.6 Å². The van der Waals surface area contributed by atoms with E-state index in [4.69, 9.17) is 4.98 Å². The van der Waals surface area contributed by atoms with Crippen LogP contribution in [0.4, 0.5) is 0 Å². The Bertz CT molecular complexity index is 1120. The van der Waals surface area contributed by atoms with Crippen molar-refractivity contribution in [2.24, 2.45) is 0 Å². The van der Waals surface area contributed by atoms with Crippen LogP contribution in [0, 0.1) is 0 Å². The molecule has 0 unspecified atom stereocenters. The fraction of sp³-hybridized carbons (Fsp3) is 0.500. The molecule has 2 aromatic heterocycles. The van der Waals surface area contributed by atoms with E-state index in [0.717, 1.165) is 18.4 Å². The Morgan fingerprint density at radius 3 is 2.43 bits per heavy atom. The molecule has 3 aromatic rings. The van der Waals surface area contributed by atoms with E-state index >= 15 is 0 Å². The summed E-state index contributed by atoms with van der Waals surface area (Å²) in [5, 5.41) is 8.22. The van der Waals surface area contributed by atoms with Crippen LogP contribution in [0.15, 0.2) is 29.1 Å². The smallest absolute Gasteiger partial charge is 0.281 e. The van der Waals surface area contributed by atoms with E-state index in [2.05, 4.69) is 60.3 Å². The molecule has 0 atom stereocenters. The summed E-state index contributed by atoms with van der Waals surface area (Å²) in [7, 11) is 0. The summed E-state index contributed by atoms with van der Waals surface area (Å²) in [5.74, 6) is 0.861. The third kappa shape index (κ3) is 3.99. The van der Waals surface area contributed by atoms with E-state index < -0.39 is 0 Å². The van der Waals surface area contributed by atoms with Gasteiger partial charge in [0.25, 0.3) is 5.56 Å². The first-order chi connectivity index (χ1) is 14.2. The maximum atomic E-state index is 12.6. The molecule has 8 nitrogen and oxygen atoms in total. The quantitative estimate of drug-likeness (QED) is 0.718. The van der Waals surface area contributed by atoms with Crippen LogP contribution in [0.3, 0.4) is 0 Å². The van der Waals surface area contributed by atoms with Crippen molar-refractivity contribution >= 4 is 17.1 Å². The SMILES string of the molecule is CC(=O)N1CCC(c2nc3c(nnn3Cc3ccc(C(C)(C)C)cc3)c(=O)[nH]2)CC1. The Hall–Kier alpha value is -3.03. The van der Waals surface area contributed by atoms with Crippen LogP contribution in [0.2, 0.25) is 0 Å². The molecule has 8 heteroatoms. The zero-order valence-corrected chi connectivity index (χ0v) is 18.0. The largest absolute Gasteiger partial charge is 0.343 e. The lowest BCUT2D eigenvalue weighted by atomic mass is 9.87. The van der Waals surface area contributed by atoms with E-state index in [1.807, 2.05) is 4.90 Å². The van der Waals surface area contributed by atoms with Crippen molar-refractivity contribution in [3.63, 3.8) is 0 Å². The first-order valence-corrected chi connectivity index (χ1v) is 10.4. The summed E-state index contributed by atoms with van der Waals surface area (Å²) in [4.78, 5) is 33.6. The number of fused-ring (bicyclic) bond motifs is 1. The number of aromatic nitrogens is 5. The number of nitrogens with zero attached hydrogens (tertiary/aromatic N) is 5. The van der Waals surface area contributed by atoms with Gasteiger partial charge < -0.3 is 9.88 Å². The minimum absolute atomic E-state index is 0.0881. The summed E-state index contributed by atoms with van der Waals surface area (Å²) in [6.07, 6.45) is 1.56. The van der Waals surface area contributed by atoms with Gasteiger partial charge in [0.1, 0.15) is 5.82 Å². The average Bonchev–Trinajstić information content (AvgIpc) is 3.11. The van der Waals surface area contributed by atoms with Gasteiger partial charge in [0, 0.05) is 25.9 Å². The van der Waals surface area contributed by atoms with Crippen LogP contribution in [-0.4, -0.2) is 48.9 Å². The fourth-order valence-corrected chi connectivity index (χ4v) is 3.93. The first kappa shape index (κ1) is 20.3. The lowest BCUT2D eigenvalue weighted by Crippen LogP contribution is -2.37. The van der Waals surface area contributed by atoms with Crippen molar-refractivity contribution in [2.75, 3.05) is 13.1 Å². The average molecular weight is 409 g/mol. The highest BCUT2D eigenvalue weighted by atomic mass is 16.2. The third-order valence-corrected chi connectivity index (χ3v) is 5.87. The molecule has 0 aliphatic carbocycles. The van der Waals surface area contributed by atoms with Crippen LogP contribution >= 0.6 is 0 Å². The van der Waals surface area contributed by atoms with Gasteiger partial charge in [0.05, 0.1) is 6.54 Å². The lowest BCUT2D eigenvalue weighted by Gasteiger charge is -2.30. The molecule has 4 rings (SSSR count). The maximum Gasteiger partial charge on any atom is 0.281 e. The molecule has 1 aliphatic rings. The molecule has 0 radical (unpaired) electrons. The van der Waals surface area contributed by atoms with Gasteiger partial charge in [0.2, 0.25) is 5.91 Å². The highest BCUT2D eigenvalue weighted by Crippen LogP contribution is 2.26. The first-order valence-electron chi connectivity index (χ1n) is 10.4. The Morgan fingerprint density at radius 2 is 1.83 bits per heavy atom. The van der Waals surface area contributed by atoms with Crippen molar-refractivity contribution in [3.05, 3.63) is 51.6 Å². The van der Waals surface area contributed by atoms with Crippen LogP contribution in [-0.2, 0) is 16.8 Å². The number of aromatic amines is 1. The minimum atomic E-state index is -0.265. The van der Waals surface area contributed by atoms with Gasteiger partial charge >= 0.3 is 0 Å². The summed E-state index contributed by atoms with van der Waals surface area (Å²) in [6.45, 7) is 10.0. The molecule has 0 saturated carbocycles. The van der Waals surface area contributed by atoms with E-state index in [9.17, 15) is 9.59 Å². The molecular weight excluding hydrogens is 380 g/mol. The summed E-state index contributed by atoms with van der Waals surface area (Å²) in [6, 6.07) is 8.42.